The van der Waals surface area contributed by atoms with Gasteiger partial charge >= 0.3 is 0 Å². The zero-order valence-corrected chi connectivity index (χ0v) is 10.9. The van der Waals surface area contributed by atoms with E-state index >= 15 is 0 Å². The second-order valence-electron chi connectivity index (χ2n) is 3.22. The maximum Gasteiger partial charge on any atom is 0.254 e. The smallest absolute Gasteiger partial charge is 0.254 e. The van der Waals surface area contributed by atoms with Crippen molar-refractivity contribution >= 4 is 40.1 Å². The SMILES string of the molecule is CC(C)NC(=O)c1c(Cl)cccc1I. The first-order chi connectivity index (χ1) is 6.52. The van der Waals surface area contributed by atoms with Crippen molar-refractivity contribution in [3.8, 4) is 0 Å². The molecule has 0 saturated carbocycles. The molecule has 0 bridgehead atoms. The van der Waals surface area contributed by atoms with Gasteiger partial charge in [-0.15, -0.1) is 0 Å². The summed E-state index contributed by atoms with van der Waals surface area (Å²) in [5.41, 5.74) is 0.559. The van der Waals surface area contributed by atoms with Crippen molar-refractivity contribution in [1.29, 1.82) is 0 Å². The zero-order valence-electron chi connectivity index (χ0n) is 7.97. The highest BCUT2D eigenvalue weighted by Gasteiger charge is 2.14. The van der Waals surface area contributed by atoms with Crippen LogP contribution in [0.25, 0.3) is 0 Å². The predicted octanol–water partition coefficient (Wildman–Crippen LogP) is 3.08. The largest absolute Gasteiger partial charge is 0.350 e. The summed E-state index contributed by atoms with van der Waals surface area (Å²) >= 11 is 8.04. The van der Waals surface area contributed by atoms with Crippen LogP contribution in [-0.4, -0.2) is 11.9 Å². The number of amides is 1. The molecule has 1 amide bonds. The molecule has 2 nitrogen and oxygen atoms in total. The minimum Gasteiger partial charge on any atom is -0.350 e. The Labute approximate surface area is 102 Å². The first-order valence-electron chi connectivity index (χ1n) is 4.27. The molecule has 1 aromatic rings. The molecule has 0 atom stereocenters. The van der Waals surface area contributed by atoms with E-state index in [1.54, 1.807) is 6.07 Å². The number of rotatable bonds is 2. The van der Waals surface area contributed by atoms with Gasteiger partial charge in [-0.05, 0) is 48.6 Å². The topological polar surface area (TPSA) is 29.1 Å². The molecule has 0 aliphatic heterocycles. The molecular weight excluding hydrogens is 312 g/mol. The van der Waals surface area contributed by atoms with Crippen LogP contribution in [0.1, 0.15) is 24.2 Å². The lowest BCUT2D eigenvalue weighted by Gasteiger charge is -2.10. The number of carbonyl (C=O) groups is 1. The Balaban J connectivity index is 3.00. The summed E-state index contributed by atoms with van der Waals surface area (Å²) < 4.78 is 0.869. The minimum atomic E-state index is -0.116. The zero-order chi connectivity index (χ0) is 10.7. The molecule has 1 N–H and O–H groups in total. The van der Waals surface area contributed by atoms with Gasteiger partial charge in [0.1, 0.15) is 0 Å². The summed E-state index contributed by atoms with van der Waals surface area (Å²) in [6, 6.07) is 5.53. The van der Waals surface area contributed by atoms with Crippen molar-refractivity contribution in [3.63, 3.8) is 0 Å². The Kier molecular flexibility index (Phi) is 4.19. The molecule has 0 unspecified atom stereocenters. The Bertz CT molecular complexity index is 332. The van der Waals surface area contributed by atoms with Crippen LogP contribution >= 0.6 is 34.2 Å². The van der Waals surface area contributed by atoms with E-state index in [0.717, 1.165) is 3.57 Å². The first-order valence-corrected chi connectivity index (χ1v) is 5.73. The molecular formula is C10H11ClINO. The van der Waals surface area contributed by atoms with E-state index < -0.39 is 0 Å². The quantitative estimate of drug-likeness (QED) is 0.833. The standard InChI is InChI=1S/C10H11ClINO/c1-6(2)13-10(14)9-7(11)4-3-5-8(9)12/h3-6H,1-2H3,(H,13,14). The van der Waals surface area contributed by atoms with Crippen LogP contribution in [0.4, 0.5) is 0 Å². The van der Waals surface area contributed by atoms with Gasteiger partial charge in [-0.1, -0.05) is 17.7 Å². The van der Waals surface area contributed by atoms with Gasteiger partial charge < -0.3 is 5.32 Å². The summed E-state index contributed by atoms with van der Waals surface area (Å²) in [6.45, 7) is 3.84. The van der Waals surface area contributed by atoms with Gasteiger partial charge in [0.2, 0.25) is 0 Å². The van der Waals surface area contributed by atoms with E-state index in [1.807, 2.05) is 26.0 Å². The monoisotopic (exact) mass is 323 g/mol. The molecule has 0 fully saturated rings. The average molecular weight is 324 g/mol. The van der Waals surface area contributed by atoms with Gasteiger partial charge in [0.25, 0.3) is 5.91 Å². The Morgan fingerprint density at radius 3 is 2.64 bits per heavy atom. The second-order valence-corrected chi connectivity index (χ2v) is 4.79. The van der Waals surface area contributed by atoms with Gasteiger partial charge in [0.15, 0.2) is 0 Å². The summed E-state index contributed by atoms with van der Waals surface area (Å²) in [5.74, 6) is -0.116. The third kappa shape index (κ3) is 2.85. The van der Waals surface area contributed by atoms with Crippen LogP contribution in [0.15, 0.2) is 18.2 Å². The van der Waals surface area contributed by atoms with Crippen molar-refractivity contribution in [3.05, 3.63) is 32.4 Å². The van der Waals surface area contributed by atoms with Crippen LogP contribution in [0.5, 0.6) is 0 Å². The van der Waals surface area contributed by atoms with Crippen molar-refractivity contribution in [2.75, 3.05) is 0 Å². The van der Waals surface area contributed by atoms with E-state index in [-0.39, 0.29) is 11.9 Å². The maximum absolute atomic E-state index is 11.7. The van der Waals surface area contributed by atoms with Crippen LogP contribution in [-0.2, 0) is 0 Å². The molecule has 0 radical (unpaired) electrons. The third-order valence-corrected chi connectivity index (χ3v) is 2.82. The van der Waals surface area contributed by atoms with Crippen LogP contribution in [0, 0.1) is 3.57 Å². The van der Waals surface area contributed by atoms with Crippen molar-refractivity contribution < 1.29 is 4.79 Å². The molecule has 0 aliphatic rings. The molecule has 14 heavy (non-hydrogen) atoms. The lowest BCUT2D eigenvalue weighted by atomic mass is 10.2. The summed E-state index contributed by atoms with van der Waals surface area (Å²) in [7, 11) is 0. The minimum absolute atomic E-state index is 0.116. The summed E-state index contributed by atoms with van der Waals surface area (Å²) in [4.78, 5) is 11.7. The van der Waals surface area contributed by atoms with Crippen LogP contribution < -0.4 is 5.32 Å². The number of benzene rings is 1. The van der Waals surface area contributed by atoms with Crippen molar-refractivity contribution in [2.24, 2.45) is 0 Å². The summed E-state index contributed by atoms with van der Waals surface area (Å²) in [5, 5.41) is 3.31. The van der Waals surface area contributed by atoms with Gasteiger partial charge in [-0.2, -0.15) is 0 Å². The van der Waals surface area contributed by atoms with Gasteiger partial charge in [-0.25, -0.2) is 0 Å². The normalized spacial score (nSPS) is 10.4. The summed E-state index contributed by atoms with van der Waals surface area (Å²) in [6.07, 6.45) is 0. The number of hydrogen-bond acceptors (Lipinski definition) is 1. The highest BCUT2D eigenvalue weighted by molar-refractivity contribution is 14.1. The second kappa shape index (κ2) is 4.98. The maximum atomic E-state index is 11.7. The number of halogens is 2. The van der Waals surface area contributed by atoms with Gasteiger partial charge in [0.05, 0.1) is 10.6 Å². The molecule has 1 aromatic carbocycles. The fraction of sp³-hybridized carbons (Fsp3) is 0.300. The molecule has 0 heterocycles. The lowest BCUT2D eigenvalue weighted by molar-refractivity contribution is 0.0942. The number of nitrogens with one attached hydrogen (secondary N) is 1. The van der Waals surface area contributed by atoms with Crippen LogP contribution in [0.2, 0.25) is 5.02 Å². The van der Waals surface area contributed by atoms with Gasteiger partial charge in [-0.3, -0.25) is 4.79 Å². The predicted molar refractivity (Wildman–Crippen MR) is 66.8 cm³/mol. The Morgan fingerprint density at radius 1 is 1.50 bits per heavy atom. The fourth-order valence-electron chi connectivity index (χ4n) is 1.05. The van der Waals surface area contributed by atoms with Gasteiger partial charge in [0, 0.05) is 9.61 Å². The van der Waals surface area contributed by atoms with Crippen molar-refractivity contribution in [2.45, 2.75) is 19.9 Å². The van der Waals surface area contributed by atoms with E-state index in [0.29, 0.717) is 10.6 Å². The molecule has 0 saturated heterocycles. The third-order valence-electron chi connectivity index (χ3n) is 1.61. The molecule has 0 spiro atoms. The molecule has 0 aromatic heterocycles. The lowest BCUT2D eigenvalue weighted by Crippen LogP contribution is -2.30. The number of carbonyl (C=O) groups excluding carboxylic acids is 1. The average Bonchev–Trinajstić information content (AvgIpc) is 2.01. The number of hydrogen-bond donors (Lipinski definition) is 1. The van der Waals surface area contributed by atoms with E-state index in [4.69, 9.17) is 11.6 Å². The highest BCUT2D eigenvalue weighted by atomic mass is 127. The molecule has 76 valence electrons. The fourth-order valence-corrected chi connectivity index (χ4v) is 2.21. The van der Waals surface area contributed by atoms with Crippen molar-refractivity contribution in [1.82, 2.24) is 5.32 Å². The molecule has 1 rings (SSSR count). The highest BCUT2D eigenvalue weighted by Crippen LogP contribution is 2.21. The first kappa shape index (κ1) is 11.8. The molecule has 4 heteroatoms. The Morgan fingerprint density at radius 2 is 2.14 bits per heavy atom. The van der Waals surface area contributed by atoms with E-state index in [1.165, 1.54) is 0 Å². The van der Waals surface area contributed by atoms with E-state index in [2.05, 4.69) is 27.9 Å². The molecule has 0 aliphatic carbocycles. The van der Waals surface area contributed by atoms with E-state index in [9.17, 15) is 4.79 Å². The van der Waals surface area contributed by atoms with Crippen LogP contribution in [0.3, 0.4) is 0 Å². The Hall–Kier alpha value is -0.290.